The second kappa shape index (κ2) is 6.03. The molecule has 0 atom stereocenters. The molecule has 0 spiro atoms. The fourth-order valence-electron chi connectivity index (χ4n) is 1.75. The third kappa shape index (κ3) is 4.11. The lowest BCUT2D eigenvalue weighted by molar-refractivity contribution is -0.130. The number of benzene rings is 1. The first-order chi connectivity index (χ1) is 9.86. The predicted molar refractivity (Wildman–Crippen MR) is 78.5 cm³/mol. The molecule has 0 fully saturated rings. The lowest BCUT2D eigenvalue weighted by atomic mass is 9.96. The summed E-state index contributed by atoms with van der Waals surface area (Å²) in [6.07, 6.45) is 0. The fourth-order valence-corrected chi connectivity index (χ4v) is 1.75. The number of carbonyl (C=O) groups excluding carboxylic acids is 2. The second-order valence-corrected chi connectivity index (χ2v) is 5.84. The summed E-state index contributed by atoms with van der Waals surface area (Å²) in [5.41, 5.74) is 0.0892. The number of ether oxygens (including phenoxy) is 2. The Labute approximate surface area is 123 Å². The van der Waals surface area contributed by atoms with Crippen LogP contribution in [0.15, 0.2) is 18.2 Å². The zero-order valence-corrected chi connectivity index (χ0v) is 12.5. The van der Waals surface area contributed by atoms with Gasteiger partial charge in [0, 0.05) is 17.2 Å². The number of amides is 2. The summed E-state index contributed by atoms with van der Waals surface area (Å²) >= 11 is 0. The van der Waals surface area contributed by atoms with Gasteiger partial charge in [-0.25, -0.2) is 0 Å². The molecular weight excluding hydrogens is 272 g/mol. The summed E-state index contributed by atoms with van der Waals surface area (Å²) < 4.78 is 10.8. The van der Waals surface area contributed by atoms with Crippen LogP contribution in [0.2, 0.25) is 0 Å². The van der Waals surface area contributed by atoms with Crippen LogP contribution < -0.4 is 20.1 Å². The second-order valence-electron chi connectivity index (χ2n) is 5.84. The zero-order valence-electron chi connectivity index (χ0n) is 12.5. The lowest BCUT2D eigenvalue weighted by Crippen LogP contribution is -2.39. The highest BCUT2D eigenvalue weighted by Crippen LogP contribution is 2.32. The number of hydrogen-bond acceptors (Lipinski definition) is 4. The van der Waals surface area contributed by atoms with E-state index in [2.05, 4.69) is 10.6 Å². The highest BCUT2D eigenvalue weighted by molar-refractivity contribution is 5.95. The monoisotopic (exact) mass is 292 g/mol. The molecule has 1 aliphatic heterocycles. The minimum Gasteiger partial charge on any atom is -0.486 e. The van der Waals surface area contributed by atoms with Crippen LogP contribution in [-0.2, 0) is 9.59 Å². The first-order valence-corrected chi connectivity index (χ1v) is 6.84. The van der Waals surface area contributed by atoms with Gasteiger partial charge in [0.25, 0.3) is 0 Å². The van der Waals surface area contributed by atoms with Crippen molar-refractivity contribution in [3.05, 3.63) is 18.2 Å². The molecule has 114 valence electrons. The van der Waals surface area contributed by atoms with Gasteiger partial charge >= 0.3 is 0 Å². The number of hydrogen-bond donors (Lipinski definition) is 2. The third-order valence-corrected chi connectivity index (χ3v) is 2.92. The Morgan fingerprint density at radius 3 is 2.48 bits per heavy atom. The Morgan fingerprint density at radius 1 is 1.14 bits per heavy atom. The van der Waals surface area contributed by atoms with Gasteiger partial charge in [-0.3, -0.25) is 9.59 Å². The van der Waals surface area contributed by atoms with Gasteiger partial charge in [-0.05, 0) is 12.1 Å². The Hall–Kier alpha value is -2.24. The minimum absolute atomic E-state index is 0.0649. The number of rotatable bonds is 3. The van der Waals surface area contributed by atoms with Crippen LogP contribution in [-0.4, -0.2) is 31.6 Å². The van der Waals surface area contributed by atoms with Crippen molar-refractivity contribution in [2.45, 2.75) is 20.8 Å². The molecule has 0 radical (unpaired) electrons. The first kappa shape index (κ1) is 15.2. The van der Waals surface area contributed by atoms with E-state index in [1.807, 2.05) is 0 Å². The number of fused-ring (bicyclic) bond motifs is 1. The molecule has 0 bridgehead atoms. The molecule has 2 rings (SSSR count). The van der Waals surface area contributed by atoms with Crippen molar-refractivity contribution in [1.82, 2.24) is 5.32 Å². The highest BCUT2D eigenvalue weighted by atomic mass is 16.6. The van der Waals surface area contributed by atoms with E-state index in [9.17, 15) is 9.59 Å². The summed E-state index contributed by atoms with van der Waals surface area (Å²) in [5, 5.41) is 5.31. The maximum absolute atomic E-state index is 11.8. The van der Waals surface area contributed by atoms with Crippen LogP contribution >= 0.6 is 0 Å². The van der Waals surface area contributed by atoms with Crippen molar-refractivity contribution < 1.29 is 19.1 Å². The van der Waals surface area contributed by atoms with Crippen molar-refractivity contribution in [2.75, 3.05) is 25.1 Å². The molecule has 1 aliphatic rings. The van der Waals surface area contributed by atoms with E-state index in [0.717, 1.165) is 0 Å². The van der Waals surface area contributed by atoms with Gasteiger partial charge in [0.15, 0.2) is 11.5 Å². The van der Waals surface area contributed by atoms with E-state index in [1.54, 1.807) is 39.0 Å². The van der Waals surface area contributed by atoms with Gasteiger partial charge in [-0.15, -0.1) is 0 Å². The molecule has 6 heteroatoms. The molecule has 0 unspecified atom stereocenters. The van der Waals surface area contributed by atoms with Crippen LogP contribution in [0.1, 0.15) is 20.8 Å². The molecule has 2 N–H and O–H groups in total. The first-order valence-electron chi connectivity index (χ1n) is 6.84. The van der Waals surface area contributed by atoms with Gasteiger partial charge in [-0.1, -0.05) is 20.8 Å². The van der Waals surface area contributed by atoms with Crippen LogP contribution in [0.25, 0.3) is 0 Å². The quantitative estimate of drug-likeness (QED) is 0.886. The van der Waals surface area contributed by atoms with Crippen LogP contribution in [0.3, 0.4) is 0 Å². The van der Waals surface area contributed by atoms with Gasteiger partial charge in [0.05, 0.1) is 6.54 Å². The Bertz CT molecular complexity index is 549. The third-order valence-electron chi connectivity index (χ3n) is 2.92. The summed E-state index contributed by atoms with van der Waals surface area (Å²) in [6, 6.07) is 5.19. The Morgan fingerprint density at radius 2 is 1.81 bits per heavy atom. The molecule has 21 heavy (non-hydrogen) atoms. The van der Waals surface area contributed by atoms with Crippen molar-refractivity contribution in [2.24, 2.45) is 5.41 Å². The summed E-state index contributed by atoms with van der Waals surface area (Å²) in [6.45, 7) is 6.33. The predicted octanol–water partition coefficient (Wildman–Crippen LogP) is 1.56. The van der Waals surface area contributed by atoms with E-state index >= 15 is 0 Å². The molecule has 0 aromatic heterocycles. The van der Waals surface area contributed by atoms with E-state index in [1.165, 1.54) is 0 Å². The van der Waals surface area contributed by atoms with Gasteiger partial charge in [0.2, 0.25) is 11.8 Å². The summed E-state index contributed by atoms with van der Waals surface area (Å²) in [4.78, 5) is 23.5. The van der Waals surface area contributed by atoms with Crippen molar-refractivity contribution in [3.8, 4) is 11.5 Å². The topological polar surface area (TPSA) is 76.7 Å². The van der Waals surface area contributed by atoms with Crippen molar-refractivity contribution >= 4 is 17.5 Å². The average molecular weight is 292 g/mol. The summed E-state index contributed by atoms with van der Waals surface area (Å²) in [7, 11) is 0. The largest absolute Gasteiger partial charge is 0.486 e. The van der Waals surface area contributed by atoms with Crippen molar-refractivity contribution in [3.63, 3.8) is 0 Å². The van der Waals surface area contributed by atoms with Crippen molar-refractivity contribution in [1.29, 1.82) is 0 Å². The van der Waals surface area contributed by atoms with Gasteiger partial charge < -0.3 is 20.1 Å². The van der Waals surface area contributed by atoms with Crippen LogP contribution in [0, 0.1) is 5.41 Å². The van der Waals surface area contributed by atoms with Crippen LogP contribution in [0.4, 0.5) is 5.69 Å². The molecule has 6 nitrogen and oxygen atoms in total. The zero-order chi connectivity index (χ0) is 15.5. The number of carbonyl (C=O) groups is 2. The Kier molecular flexibility index (Phi) is 4.35. The van der Waals surface area contributed by atoms with E-state index in [0.29, 0.717) is 30.4 Å². The van der Waals surface area contributed by atoms with E-state index in [-0.39, 0.29) is 18.4 Å². The molecule has 0 aliphatic carbocycles. The van der Waals surface area contributed by atoms with Gasteiger partial charge in [0.1, 0.15) is 13.2 Å². The molecule has 0 saturated heterocycles. The highest BCUT2D eigenvalue weighted by Gasteiger charge is 2.21. The standard InChI is InChI=1S/C15H20N2O4/c1-15(2,3)14(19)16-9-13(18)17-10-4-5-11-12(8-10)21-7-6-20-11/h4-5,8H,6-7,9H2,1-3H3,(H,16,19)(H,17,18). The number of nitrogens with one attached hydrogen (secondary N) is 2. The lowest BCUT2D eigenvalue weighted by Gasteiger charge is -2.19. The fraction of sp³-hybridized carbons (Fsp3) is 0.467. The molecule has 1 aromatic carbocycles. The number of anilines is 1. The normalized spacial score (nSPS) is 13.5. The SMILES string of the molecule is CC(C)(C)C(=O)NCC(=O)Nc1ccc2c(c1)OCCO2. The van der Waals surface area contributed by atoms with Crippen LogP contribution in [0.5, 0.6) is 11.5 Å². The molecular formula is C15H20N2O4. The molecule has 2 amide bonds. The molecule has 0 saturated carbocycles. The summed E-state index contributed by atoms with van der Waals surface area (Å²) in [5.74, 6) is 0.821. The van der Waals surface area contributed by atoms with E-state index in [4.69, 9.17) is 9.47 Å². The maximum atomic E-state index is 11.8. The molecule has 1 aromatic rings. The molecule has 1 heterocycles. The van der Waals surface area contributed by atoms with Gasteiger partial charge in [-0.2, -0.15) is 0 Å². The minimum atomic E-state index is -0.517. The smallest absolute Gasteiger partial charge is 0.243 e. The Balaban J connectivity index is 1.90. The van der Waals surface area contributed by atoms with E-state index < -0.39 is 5.41 Å². The average Bonchev–Trinajstić information content (AvgIpc) is 2.43. The maximum Gasteiger partial charge on any atom is 0.243 e.